The Balaban J connectivity index is 1.57. The summed E-state index contributed by atoms with van der Waals surface area (Å²) < 4.78 is 40.2. The highest BCUT2D eigenvalue weighted by Crippen LogP contribution is 2.43. The monoisotopic (exact) mass is 375 g/mol. The Labute approximate surface area is 147 Å². The van der Waals surface area contributed by atoms with Gasteiger partial charge in [0.25, 0.3) is 5.91 Å². The van der Waals surface area contributed by atoms with Gasteiger partial charge in [0.15, 0.2) is 0 Å². The molecule has 0 aromatic carbocycles. The molecule has 0 unspecified atom stereocenters. The van der Waals surface area contributed by atoms with Crippen LogP contribution in [-0.2, 0) is 0 Å². The molecule has 1 aromatic heterocycles. The second-order valence-corrected chi connectivity index (χ2v) is 7.42. The van der Waals surface area contributed by atoms with Gasteiger partial charge < -0.3 is 15.1 Å². The summed E-state index contributed by atoms with van der Waals surface area (Å²) in [6, 6.07) is 2.83. The summed E-state index contributed by atoms with van der Waals surface area (Å²) >= 11 is 1.35. The molecular weight excluding hydrogens is 355 g/mol. The minimum Gasteiger partial charge on any atom is -0.334 e. The van der Waals surface area contributed by atoms with Crippen molar-refractivity contribution in [2.45, 2.75) is 37.4 Å². The molecule has 3 rings (SSSR count). The first-order chi connectivity index (χ1) is 11.8. The van der Waals surface area contributed by atoms with Crippen LogP contribution in [0.1, 0.15) is 35.4 Å². The summed E-state index contributed by atoms with van der Waals surface area (Å²) in [7, 11) is 0. The maximum atomic E-state index is 13.4. The van der Waals surface area contributed by atoms with Gasteiger partial charge in [0.1, 0.15) is 5.54 Å². The number of amides is 3. The van der Waals surface area contributed by atoms with Crippen molar-refractivity contribution in [3.8, 4) is 0 Å². The molecular formula is C16H20F3N3O2S. The normalized spacial score (nSPS) is 20.6. The molecule has 3 amide bonds. The fourth-order valence-electron chi connectivity index (χ4n) is 3.41. The number of rotatable bonds is 2. The lowest BCUT2D eigenvalue weighted by Gasteiger charge is -2.38. The molecule has 9 heteroatoms. The van der Waals surface area contributed by atoms with E-state index in [1.165, 1.54) is 16.2 Å². The second-order valence-electron chi connectivity index (χ2n) is 6.47. The highest BCUT2D eigenvalue weighted by atomic mass is 32.1. The number of alkyl halides is 3. The van der Waals surface area contributed by atoms with Crippen molar-refractivity contribution in [3.05, 3.63) is 22.4 Å². The van der Waals surface area contributed by atoms with Crippen LogP contribution in [0.2, 0.25) is 0 Å². The van der Waals surface area contributed by atoms with Crippen LogP contribution >= 0.6 is 11.3 Å². The summed E-state index contributed by atoms with van der Waals surface area (Å²) in [6.45, 7) is 1.11. The third kappa shape index (κ3) is 3.61. The van der Waals surface area contributed by atoms with E-state index < -0.39 is 17.7 Å². The predicted octanol–water partition coefficient (Wildman–Crippen LogP) is 3.09. The average Bonchev–Trinajstić information content (AvgIpc) is 3.26. The van der Waals surface area contributed by atoms with E-state index in [0.717, 1.165) is 0 Å². The largest absolute Gasteiger partial charge is 0.411 e. The first-order valence-corrected chi connectivity index (χ1v) is 9.17. The third-order valence-corrected chi connectivity index (χ3v) is 5.79. The molecule has 1 aliphatic carbocycles. The Kier molecular flexibility index (Phi) is 4.95. The van der Waals surface area contributed by atoms with Gasteiger partial charge in [0.2, 0.25) is 0 Å². The SMILES string of the molecule is O=C(NC1(C(F)(F)F)CCCC1)N1CCN(C(=O)c2cccs2)CC1. The van der Waals surface area contributed by atoms with E-state index in [4.69, 9.17) is 0 Å². The number of carbonyl (C=O) groups excluding carboxylic acids is 2. The number of nitrogens with one attached hydrogen (secondary N) is 1. The number of hydrogen-bond donors (Lipinski definition) is 1. The molecule has 138 valence electrons. The molecule has 1 N–H and O–H groups in total. The van der Waals surface area contributed by atoms with Crippen molar-refractivity contribution >= 4 is 23.3 Å². The van der Waals surface area contributed by atoms with E-state index in [9.17, 15) is 22.8 Å². The predicted molar refractivity (Wildman–Crippen MR) is 87.6 cm³/mol. The maximum Gasteiger partial charge on any atom is 0.411 e. The number of piperazine rings is 1. The summed E-state index contributed by atoms with van der Waals surface area (Å²) in [5, 5.41) is 4.05. The van der Waals surface area contributed by atoms with Crippen molar-refractivity contribution in [2.24, 2.45) is 0 Å². The molecule has 5 nitrogen and oxygen atoms in total. The van der Waals surface area contributed by atoms with Crippen LogP contribution < -0.4 is 5.32 Å². The van der Waals surface area contributed by atoms with E-state index in [1.807, 2.05) is 5.38 Å². The van der Waals surface area contributed by atoms with E-state index in [-0.39, 0.29) is 31.8 Å². The van der Waals surface area contributed by atoms with E-state index >= 15 is 0 Å². The van der Waals surface area contributed by atoms with Crippen LogP contribution in [0.3, 0.4) is 0 Å². The van der Waals surface area contributed by atoms with Gasteiger partial charge in [-0.1, -0.05) is 18.9 Å². The number of carbonyl (C=O) groups is 2. The zero-order chi connectivity index (χ0) is 18.1. The number of halogens is 3. The molecule has 1 saturated carbocycles. The second kappa shape index (κ2) is 6.86. The standard InChI is InChI=1S/C16H20F3N3O2S/c17-16(18,19)15(5-1-2-6-15)20-14(24)22-9-7-21(8-10-22)13(23)12-4-3-11-25-12/h3-4,11H,1-2,5-10H2,(H,20,24). The van der Waals surface area contributed by atoms with Crippen molar-refractivity contribution in [2.75, 3.05) is 26.2 Å². The smallest absolute Gasteiger partial charge is 0.334 e. The molecule has 1 aliphatic heterocycles. The number of nitrogens with zero attached hydrogens (tertiary/aromatic N) is 2. The first-order valence-electron chi connectivity index (χ1n) is 8.29. The molecule has 2 aliphatic rings. The third-order valence-electron chi connectivity index (χ3n) is 4.93. The van der Waals surface area contributed by atoms with Gasteiger partial charge in [-0.2, -0.15) is 13.2 Å². The van der Waals surface area contributed by atoms with E-state index in [2.05, 4.69) is 5.32 Å². The lowest BCUT2D eigenvalue weighted by Crippen LogP contribution is -2.62. The lowest BCUT2D eigenvalue weighted by atomic mass is 9.97. The van der Waals surface area contributed by atoms with Crippen molar-refractivity contribution in [3.63, 3.8) is 0 Å². The van der Waals surface area contributed by atoms with Crippen molar-refractivity contribution in [1.82, 2.24) is 15.1 Å². The lowest BCUT2D eigenvalue weighted by molar-refractivity contribution is -0.191. The summed E-state index contributed by atoms with van der Waals surface area (Å²) in [5.74, 6) is -0.0994. The van der Waals surface area contributed by atoms with Gasteiger partial charge in [-0.15, -0.1) is 11.3 Å². The quantitative estimate of drug-likeness (QED) is 0.864. The zero-order valence-electron chi connectivity index (χ0n) is 13.6. The Morgan fingerprint density at radius 1 is 1.08 bits per heavy atom. The molecule has 2 fully saturated rings. The summed E-state index contributed by atoms with van der Waals surface area (Å²) in [4.78, 5) is 28.2. The van der Waals surface area contributed by atoms with Gasteiger partial charge in [-0.05, 0) is 24.3 Å². The summed E-state index contributed by atoms with van der Waals surface area (Å²) in [6.07, 6.45) is -3.67. The average molecular weight is 375 g/mol. The molecule has 0 bridgehead atoms. The minimum atomic E-state index is -4.45. The molecule has 0 spiro atoms. The van der Waals surface area contributed by atoms with Crippen LogP contribution in [0.25, 0.3) is 0 Å². The highest BCUT2D eigenvalue weighted by Gasteiger charge is 2.57. The molecule has 0 radical (unpaired) electrons. The van der Waals surface area contributed by atoms with Crippen LogP contribution in [0.5, 0.6) is 0 Å². The van der Waals surface area contributed by atoms with Gasteiger partial charge in [-0.3, -0.25) is 4.79 Å². The van der Waals surface area contributed by atoms with Crippen LogP contribution in [0.15, 0.2) is 17.5 Å². The highest BCUT2D eigenvalue weighted by molar-refractivity contribution is 7.12. The molecule has 2 heterocycles. The fraction of sp³-hybridized carbons (Fsp3) is 0.625. The number of urea groups is 1. The topological polar surface area (TPSA) is 52.7 Å². The Bertz CT molecular complexity index is 619. The molecule has 1 aromatic rings. The Morgan fingerprint density at radius 2 is 1.68 bits per heavy atom. The fourth-order valence-corrected chi connectivity index (χ4v) is 4.10. The van der Waals surface area contributed by atoms with Crippen LogP contribution in [0, 0.1) is 0 Å². The first kappa shape index (κ1) is 18.0. The van der Waals surface area contributed by atoms with E-state index in [0.29, 0.717) is 30.8 Å². The molecule has 0 atom stereocenters. The van der Waals surface area contributed by atoms with Crippen molar-refractivity contribution in [1.29, 1.82) is 0 Å². The summed E-state index contributed by atoms with van der Waals surface area (Å²) in [5.41, 5.74) is -2.10. The molecule has 25 heavy (non-hydrogen) atoms. The minimum absolute atomic E-state index is 0.0704. The van der Waals surface area contributed by atoms with Gasteiger partial charge in [0.05, 0.1) is 4.88 Å². The van der Waals surface area contributed by atoms with E-state index in [1.54, 1.807) is 17.0 Å². The zero-order valence-corrected chi connectivity index (χ0v) is 14.5. The maximum absolute atomic E-state index is 13.4. The van der Waals surface area contributed by atoms with Gasteiger partial charge >= 0.3 is 12.2 Å². The van der Waals surface area contributed by atoms with Crippen LogP contribution in [-0.4, -0.2) is 59.6 Å². The van der Waals surface area contributed by atoms with Crippen LogP contribution in [0.4, 0.5) is 18.0 Å². The molecule has 1 saturated heterocycles. The number of thiophene rings is 1. The van der Waals surface area contributed by atoms with Gasteiger partial charge in [0, 0.05) is 26.2 Å². The Hall–Kier alpha value is -1.77. The van der Waals surface area contributed by atoms with Crippen molar-refractivity contribution < 1.29 is 22.8 Å². The number of hydrogen-bond acceptors (Lipinski definition) is 3. The Morgan fingerprint density at radius 3 is 2.20 bits per heavy atom. The van der Waals surface area contributed by atoms with Gasteiger partial charge in [-0.25, -0.2) is 4.79 Å².